The summed E-state index contributed by atoms with van der Waals surface area (Å²) in [7, 11) is 0. The van der Waals surface area contributed by atoms with E-state index >= 15 is 0 Å². The summed E-state index contributed by atoms with van der Waals surface area (Å²) < 4.78 is 0. The second-order valence-corrected chi connectivity index (χ2v) is 6.19. The first-order valence-corrected chi connectivity index (χ1v) is 8.11. The maximum Gasteiger partial charge on any atom is 0.237 e. The van der Waals surface area contributed by atoms with Crippen LogP contribution in [0.4, 0.5) is 0 Å². The van der Waals surface area contributed by atoms with E-state index in [4.69, 9.17) is 0 Å². The topological polar surface area (TPSA) is 44.4 Å². The highest BCUT2D eigenvalue weighted by Gasteiger charge is 2.26. The zero-order valence-corrected chi connectivity index (χ0v) is 13.8. The Hall–Kier alpha value is -1.10. The Morgan fingerprint density at radius 1 is 1.18 bits per heavy atom. The van der Waals surface area contributed by atoms with E-state index in [2.05, 4.69) is 45.9 Å². The van der Waals surface area contributed by atoms with Crippen molar-refractivity contribution >= 4 is 18.3 Å². The van der Waals surface area contributed by atoms with E-state index in [-0.39, 0.29) is 24.4 Å². The summed E-state index contributed by atoms with van der Waals surface area (Å²) in [4.78, 5) is 14.6. The second-order valence-electron chi connectivity index (χ2n) is 6.19. The number of amides is 1. The zero-order chi connectivity index (χ0) is 14.5. The summed E-state index contributed by atoms with van der Waals surface area (Å²) in [5, 5.41) is 6.48. The Morgan fingerprint density at radius 3 is 2.55 bits per heavy atom. The summed E-state index contributed by atoms with van der Waals surface area (Å²) >= 11 is 0. The standard InChI is InChI=1S/C17H25N3O.ClH/c21-17(16-7-4-10-18-16)19-15-8-11-20(12-9-15)13-14-5-2-1-3-6-14;/h1-3,5-6,15-16,18H,4,7-13H2,(H,19,21);1H. The number of hydrogen-bond donors (Lipinski definition) is 2. The first-order chi connectivity index (χ1) is 10.3. The smallest absolute Gasteiger partial charge is 0.237 e. The Morgan fingerprint density at radius 2 is 1.91 bits per heavy atom. The molecule has 0 radical (unpaired) electrons. The van der Waals surface area contributed by atoms with Crippen LogP contribution in [-0.2, 0) is 11.3 Å². The highest BCUT2D eigenvalue weighted by Crippen LogP contribution is 2.14. The number of halogens is 1. The molecule has 2 N–H and O–H groups in total. The van der Waals surface area contributed by atoms with E-state index in [9.17, 15) is 4.79 Å². The second kappa shape index (κ2) is 8.51. The van der Waals surface area contributed by atoms with Crippen molar-refractivity contribution < 1.29 is 4.79 Å². The molecule has 122 valence electrons. The van der Waals surface area contributed by atoms with Gasteiger partial charge in [0.15, 0.2) is 0 Å². The van der Waals surface area contributed by atoms with Gasteiger partial charge in [0.25, 0.3) is 0 Å². The Bertz CT molecular complexity index is 454. The molecule has 0 spiro atoms. The van der Waals surface area contributed by atoms with Crippen molar-refractivity contribution in [1.29, 1.82) is 0 Å². The third kappa shape index (κ3) is 4.70. The van der Waals surface area contributed by atoms with Gasteiger partial charge in [0.05, 0.1) is 6.04 Å². The molecule has 1 amide bonds. The molecule has 1 aromatic carbocycles. The molecule has 0 saturated carbocycles. The lowest BCUT2D eigenvalue weighted by Crippen LogP contribution is -2.49. The van der Waals surface area contributed by atoms with Crippen molar-refractivity contribution in [2.24, 2.45) is 0 Å². The molecule has 2 fully saturated rings. The number of hydrogen-bond acceptors (Lipinski definition) is 3. The molecule has 2 aliphatic rings. The fourth-order valence-electron chi connectivity index (χ4n) is 3.29. The monoisotopic (exact) mass is 323 g/mol. The Kier molecular flexibility index (Phi) is 6.68. The Labute approximate surface area is 139 Å². The van der Waals surface area contributed by atoms with Crippen LogP contribution in [0.3, 0.4) is 0 Å². The van der Waals surface area contributed by atoms with Crippen LogP contribution in [0.25, 0.3) is 0 Å². The van der Waals surface area contributed by atoms with Crippen LogP contribution in [0.1, 0.15) is 31.2 Å². The van der Waals surface area contributed by atoms with Gasteiger partial charge in [-0.3, -0.25) is 9.69 Å². The van der Waals surface area contributed by atoms with Gasteiger partial charge in [-0.25, -0.2) is 0 Å². The first kappa shape index (κ1) is 17.3. The number of benzene rings is 1. The maximum absolute atomic E-state index is 12.1. The van der Waals surface area contributed by atoms with Crippen molar-refractivity contribution in [2.75, 3.05) is 19.6 Å². The number of nitrogens with zero attached hydrogens (tertiary/aromatic N) is 1. The number of rotatable bonds is 4. The summed E-state index contributed by atoms with van der Waals surface area (Å²) in [6, 6.07) is 11.0. The molecule has 2 saturated heterocycles. The molecule has 4 nitrogen and oxygen atoms in total. The molecule has 0 bridgehead atoms. The van der Waals surface area contributed by atoms with Crippen LogP contribution < -0.4 is 10.6 Å². The average Bonchev–Trinajstić information content (AvgIpc) is 3.05. The molecular weight excluding hydrogens is 298 g/mol. The molecule has 1 aromatic rings. The van der Waals surface area contributed by atoms with Crippen molar-refractivity contribution in [3.8, 4) is 0 Å². The van der Waals surface area contributed by atoms with E-state index in [1.54, 1.807) is 0 Å². The van der Waals surface area contributed by atoms with E-state index in [1.807, 2.05) is 0 Å². The lowest BCUT2D eigenvalue weighted by molar-refractivity contribution is -0.123. The molecule has 22 heavy (non-hydrogen) atoms. The van der Waals surface area contributed by atoms with Gasteiger partial charge in [-0.2, -0.15) is 0 Å². The molecule has 5 heteroatoms. The van der Waals surface area contributed by atoms with Crippen molar-refractivity contribution in [2.45, 2.75) is 44.3 Å². The van der Waals surface area contributed by atoms with Gasteiger partial charge in [0.2, 0.25) is 5.91 Å². The van der Waals surface area contributed by atoms with Crippen LogP contribution in [0.2, 0.25) is 0 Å². The molecule has 0 aromatic heterocycles. The van der Waals surface area contributed by atoms with E-state index in [0.717, 1.165) is 51.9 Å². The van der Waals surface area contributed by atoms with Gasteiger partial charge in [-0.05, 0) is 37.8 Å². The summed E-state index contributed by atoms with van der Waals surface area (Å²) in [5.41, 5.74) is 1.37. The molecule has 1 unspecified atom stereocenters. The van der Waals surface area contributed by atoms with Crippen LogP contribution in [0, 0.1) is 0 Å². The van der Waals surface area contributed by atoms with Crippen LogP contribution >= 0.6 is 12.4 Å². The van der Waals surface area contributed by atoms with Gasteiger partial charge in [-0.1, -0.05) is 30.3 Å². The van der Waals surface area contributed by atoms with Crippen molar-refractivity contribution in [1.82, 2.24) is 15.5 Å². The van der Waals surface area contributed by atoms with Crippen LogP contribution in [0.5, 0.6) is 0 Å². The highest BCUT2D eigenvalue weighted by atomic mass is 35.5. The summed E-state index contributed by atoms with van der Waals surface area (Å²) in [6.07, 6.45) is 4.23. The number of piperidine rings is 1. The largest absolute Gasteiger partial charge is 0.352 e. The quantitative estimate of drug-likeness (QED) is 0.890. The first-order valence-electron chi connectivity index (χ1n) is 8.11. The minimum Gasteiger partial charge on any atom is -0.352 e. The molecule has 2 aliphatic heterocycles. The van der Waals surface area contributed by atoms with Crippen LogP contribution in [-0.4, -0.2) is 42.5 Å². The maximum atomic E-state index is 12.1. The molecule has 1 atom stereocenters. The number of likely N-dealkylation sites (tertiary alicyclic amines) is 1. The lowest BCUT2D eigenvalue weighted by atomic mass is 10.0. The SMILES string of the molecule is Cl.O=C(NC1CCN(Cc2ccccc2)CC1)C1CCCN1. The highest BCUT2D eigenvalue weighted by molar-refractivity contribution is 5.85. The van der Waals surface area contributed by atoms with Crippen molar-refractivity contribution in [3.05, 3.63) is 35.9 Å². The van der Waals surface area contributed by atoms with Crippen molar-refractivity contribution in [3.63, 3.8) is 0 Å². The predicted molar refractivity (Wildman–Crippen MR) is 91.2 cm³/mol. The van der Waals surface area contributed by atoms with Gasteiger partial charge in [-0.15, -0.1) is 12.4 Å². The fourth-order valence-corrected chi connectivity index (χ4v) is 3.29. The van der Waals surface area contributed by atoms with Gasteiger partial charge >= 0.3 is 0 Å². The van der Waals surface area contributed by atoms with Gasteiger partial charge in [0.1, 0.15) is 0 Å². The normalized spacial score (nSPS) is 23.0. The Balaban J connectivity index is 0.00000176. The summed E-state index contributed by atoms with van der Waals surface area (Å²) in [5.74, 6) is 0.203. The average molecular weight is 324 g/mol. The predicted octanol–water partition coefficient (Wildman–Crippen LogP) is 1.94. The third-order valence-corrected chi connectivity index (χ3v) is 4.56. The summed E-state index contributed by atoms with van der Waals surface area (Å²) in [6.45, 7) is 4.13. The number of nitrogens with one attached hydrogen (secondary N) is 2. The molecule has 3 rings (SSSR count). The minimum atomic E-state index is 0. The van der Waals surface area contributed by atoms with Crippen LogP contribution in [0.15, 0.2) is 30.3 Å². The van der Waals surface area contributed by atoms with Gasteiger partial charge in [0, 0.05) is 25.7 Å². The lowest BCUT2D eigenvalue weighted by Gasteiger charge is -2.32. The van der Waals surface area contributed by atoms with E-state index in [0.29, 0.717) is 6.04 Å². The molecular formula is C17H26ClN3O. The van der Waals surface area contributed by atoms with E-state index in [1.165, 1.54) is 5.56 Å². The zero-order valence-electron chi connectivity index (χ0n) is 13.0. The number of carbonyl (C=O) groups is 1. The molecule has 0 aliphatic carbocycles. The fraction of sp³-hybridized carbons (Fsp3) is 0.588. The minimum absolute atomic E-state index is 0. The molecule has 2 heterocycles. The number of carbonyl (C=O) groups excluding carboxylic acids is 1. The third-order valence-electron chi connectivity index (χ3n) is 4.56. The van der Waals surface area contributed by atoms with Gasteiger partial charge < -0.3 is 10.6 Å². The van der Waals surface area contributed by atoms with E-state index < -0.39 is 0 Å².